The monoisotopic (exact) mass is 753 g/mol. The van der Waals surface area contributed by atoms with Gasteiger partial charge >= 0.3 is 11.9 Å². The first-order valence-electron chi connectivity index (χ1n) is 17.4. The van der Waals surface area contributed by atoms with Crippen LogP contribution in [0.2, 0.25) is 0 Å². The highest BCUT2D eigenvalue weighted by Crippen LogP contribution is 2.53. The van der Waals surface area contributed by atoms with Gasteiger partial charge in [0.1, 0.15) is 40.5 Å². The lowest BCUT2D eigenvalue weighted by Crippen LogP contribution is -2.60. The molecule has 1 aliphatic carbocycles. The molecule has 1 fully saturated rings. The Kier molecular flexibility index (Phi) is 10.8. The molecule has 15 nitrogen and oxygen atoms in total. The van der Waals surface area contributed by atoms with Crippen LogP contribution in [0.15, 0.2) is 52.5 Å². The van der Waals surface area contributed by atoms with Gasteiger partial charge in [-0.3, -0.25) is 19.2 Å². The van der Waals surface area contributed by atoms with Crippen LogP contribution >= 0.6 is 0 Å². The van der Waals surface area contributed by atoms with Crippen LogP contribution in [0, 0.1) is 24.7 Å². The van der Waals surface area contributed by atoms with Crippen molar-refractivity contribution >= 4 is 34.9 Å². The van der Waals surface area contributed by atoms with Gasteiger partial charge in [0.25, 0.3) is 5.91 Å². The van der Waals surface area contributed by atoms with E-state index in [-0.39, 0.29) is 61.9 Å². The van der Waals surface area contributed by atoms with E-state index in [1.807, 2.05) is 0 Å². The first-order valence-corrected chi connectivity index (χ1v) is 17.4. The molecule has 0 unspecified atom stereocenters. The van der Waals surface area contributed by atoms with Crippen LogP contribution in [0.25, 0.3) is 5.57 Å². The van der Waals surface area contributed by atoms with Crippen LogP contribution in [-0.2, 0) is 28.6 Å². The molecule has 1 aromatic carbocycles. The number of aliphatic hydroxyl groups is 5. The summed E-state index contributed by atoms with van der Waals surface area (Å²) in [5.74, 6) is -7.85. The van der Waals surface area contributed by atoms with Crippen LogP contribution in [-0.4, -0.2) is 96.7 Å². The number of Topliss-reactive ketones (excluding diaryl/α,β-unsaturated/α-hetero) is 1. The van der Waals surface area contributed by atoms with E-state index in [9.17, 15) is 49.8 Å². The third-order valence-electron chi connectivity index (χ3n) is 10.7. The van der Waals surface area contributed by atoms with Gasteiger partial charge in [-0.1, -0.05) is 26.0 Å². The summed E-state index contributed by atoms with van der Waals surface area (Å²) in [5.41, 5.74) is -4.31. The van der Waals surface area contributed by atoms with Crippen molar-refractivity contribution < 1.29 is 68.8 Å². The fraction of sp³-hybridized carbons (Fsp3) is 0.487. The summed E-state index contributed by atoms with van der Waals surface area (Å²) < 4.78 is 22.9. The molecule has 7 N–H and O–H groups in total. The minimum Gasteiger partial charge on any atom is -0.505 e. The van der Waals surface area contributed by atoms with E-state index in [1.54, 1.807) is 0 Å². The fourth-order valence-electron chi connectivity index (χ4n) is 7.59. The predicted octanol–water partition coefficient (Wildman–Crippen LogP) is 2.61. The van der Waals surface area contributed by atoms with E-state index in [2.05, 4.69) is 5.32 Å². The number of rotatable bonds is 1. The maximum Gasteiger partial charge on any atom is 0.314 e. The average molecular weight is 754 g/mol. The number of hydrogen-bond donors (Lipinski definition) is 7. The lowest BCUT2D eigenvalue weighted by molar-refractivity contribution is -0.211. The number of hydrogen-bond acceptors (Lipinski definition) is 14. The van der Waals surface area contributed by atoms with Crippen molar-refractivity contribution in [2.24, 2.45) is 17.8 Å². The number of anilines is 1. The number of ether oxygens (including phenoxy) is 4. The molecule has 0 spiro atoms. The van der Waals surface area contributed by atoms with Gasteiger partial charge < -0.3 is 54.9 Å². The molecule has 0 radical (unpaired) electrons. The number of aromatic hydroxyl groups is 1. The highest BCUT2D eigenvalue weighted by atomic mass is 16.7. The van der Waals surface area contributed by atoms with Crippen LogP contribution < -0.4 is 10.1 Å². The van der Waals surface area contributed by atoms with Crippen molar-refractivity contribution in [3.8, 4) is 11.5 Å². The molecule has 1 amide bonds. The zero-order valence-corrected chi connectivity index (χ0v) is 31.5. The largest absolute Gasteiger partial charge is 0.505 e. The third kappa shape index (κ3) is 6.86. The second-order valence-electron chi connectivity index (χ2n) is 14.9. The Morgan fingerprint density at radius 3 is 2.15 bits per heavy atom. The molecule has 6 heterocycles. The third-order valence-corrected chi connectivity index (χ3v) is 10.7. The maximum atomic E-state index is 13.9. The number of carbonyl (C=O) groups excluding carboxylic acids is 4. The van der Waals surface area contributed by atoms with E-state index < -0.39 is 89.5 Å². The maximum absolute atomic E-state index is 13.9. The van der Waals surface area contributed by atoms with Crippen LogP contribution in [0.5, 0.6) is 11.5 Å². The summed E-state index contributed by atoms with van der Waals surface area (Å²) in [4.78, 5) is 53.3. The Balaban J connectivity index is 1.80. The summed E-state index contributed by atoms with van der Waals surface area (Å²) in [7, 11) is 0. The number of carbonyl (C=O) groups is 4. The van der Waals surface area contributed by atoms with Gasteiger partial charge in [-0.05, 0) is 59.3 Å². The molecule has 54 heavy (non-hydrogen) atoms. The van der Waals surface area contributed by atoms with Crippen LogP contribution in [0.3, 0.4) is 0 Å². The van der Waals surface area contributed by atoms with Gasteiger partial charge in [-0.15, -0.1) is 0 Å². The number of phenolic OH excluding ortho intramolecular Hbond substituents is 1. The molecular formula is C39H47NO14. The lowest BCUT2D eigenvalue weighted by atomic mass is 9.73. The number of aliphatic hydroxyl groups excluding tert-OH is 3. The SMILES string of the molecule is CC(=O)Oc1c(C)c2c(O)c3c1C1=C(OCOC1=C(C)C3=O)C(C)=C[C@@](C)(O)[C@H](O)[C@@H](C)[C@@H](O)[C@@H]1C(=O)O[C@@H]([C@@H](C)[C@H]1O)[C@@](C)(O)/C=C\C=C(\C)C(=O)N2. The summed E-state index contributed by atoms with van der Waals surface area (Å²) in [5, 5.41) is 71.6. The van der Waals surface area contributed by atoms with Gasteiger partial charge in [0.2, 0.25) is 6.79 Å². The number of nitrogens with one attached hydrogen (secondary N) is 1. The van der Waals surface area contributed by atoms with Gasteiger partial charge in [0.05, 0.1) is 35.1 Å². The standard InChI is InChI=1S/C39H47NO14/c1-15-11-10-12-38(8,49)35-20(6)29(44)25(37(48)54-35)28(43)19(5)34(46)39(9,50)13-16(2)31-24-22-23(27(42)18(4)32(24)52-14-51-31)30(45)26(40-36(15)47)17(3)33(22)53-21(7)41/h10-13,19-20,25,28-29,34-35,43-46,49-50H,14H2,1-9H3,(H,40,47)/b12-10-,15-11-,16-13?/t19-,20-,25-,28+,29+,34+,35-,38-,39+/m0/s1. The Bertz CT molecular complexity index is 1960. The Morgan fingerprint density at radius 1 is 0.907 bits per heavy atom. The molecule has 7 aliphatic rings. The van der Waals surface area contributed by atoms with E-state index in [1.165, 1.54) is 79.7 Å². The van der Waals surface area contributed by atoms with Crippen LogP contribution in [0.4, 0.5) is 5.69 Å². The Labute approximate surface area is 311 Å². The van der Waals surface area contributed by atoms with Gasteiger partial charge in [0, 0.05) is 41.0 Å². The number of allylic oxidation sites excluding steroid dienone is 5. The molecule has 0 aromatic heterocycles. The van der Waals surface area contributed by atoms with Crippen molar-refractivity contribution in [1.82, 2.24) is 0 Å². The van der Waals surface area contributed by atoms with Crippen molar-refractivity contribution in [2.75, 3.05) is 12.1 Å². The summed E-state index contributed by atoms with van der Waals surface area (Å²) in [6.07, 6.45) is -1.21. The predicted molar refractivity (Wildman–Crippen MR) is 191 cm³/mol. The molecule has 6 bridgehead atoms. The topological polar surface area (TPSA) is 239 Å². The molecule has 9 atom stereocenters. The summed E-state index contributed by atoms with van der Waals surface area (Å²) in [6.45, 7) is 12.1. The molecule has 6 aliphatic heterocycles. The van der Waals surface area contributed by atoms with E-state index >= 15 is 0 Å². The number of esters is 2. The molecule has 0 saturated carbocycles. The summed E-state index contributed by atoms with van der Waals surface area (Å²) in [6, 6.07) is 0. The number of benzene rings is 1. The van der Waals surface area contributed by atoms with E-state index in [4.69, 9.17) is 18.9 Å². The fourth-order valence-corrected chi connectivity index (χ4v) is 7.59. The van der Waals surface area contributed by atoms with E-state index in [0.29, 0.717) is 0 Å². The molecule has 1 aromatic rings. The normalized spacial score (nSPS) is 34.9. The zero-order valence-electron chi connectivity index (χ0n) is 31.5. The second-order valence-corrected chi connectivity index (χ2v) is 14.9. The number of phenols is 1. The highest BCUT2D eigenvalue weighted by molar-refractivity contribution is 6.21. The molecule has 15 heteroatoms. The quantitative estimate of drug-likeness (QED) is 0.124. The first kappa shape index (κ1) is 40.4. The molecular weight excluding hydrogens is 706 g/mol. The van der Waals surface area contributed by atoms with Crippen molar-refractivity contribution in [1.29, 1.82) is 0 Å². The Morgan fingerprint density at radius 2 is 1.52 bits per heavy atom. The average Bonchev–Trinajstić information content (AvgIpc) is 3.09. The Hall–Kier alpha value is -4.80. The minimum absolute atomic E-state index is 0.0103. The zero-order chi connectivity index (χ0) is 40.4. The van der Waals surface area contributed by atoms with Gasteiger partial charge in [0.15, 0.2) is 11.5 Å². The van der Waals surface area contributed by atoms with Crippen molar-refractivity contribution in [3.63, 3.8) is 0 Å². The molecule has 292 valence electrons. The summed E-state index contributed by atoms with van der Waals surface area (Å²) >= 11 is 0. The van der Waals surface area contributed by atoms with Gasteiger partial charge in [-0.2, -0.15) is 0 Å². The smallest absolute Gasteiger partial charge is 0.314 e. The lowest BCUT2D eigenvalue weighted by Gasteiger charge is -2.45. The van der Waals surface area contributed by atoms with Crippen molar-refractivity contribution in [3.05, 3.63) is 69.2 Å². The minimum atomic E-state index is -2.15. The van der Waals surface area contributed by atoms with E-state index in [0.717, 1.165) is 6.92 Å². The number of amides is 1. The van der Waals surface area contributed by atoms with Crippen molar-refractivity contribution in [2.45, 2.75) is 97.9 Å². The molecule has 8 rings (SSSR count). The van der Waals surface area contributed by atoms with Crippen LogP contribution in [0.1, 0.15) is 76.9 Å². The molecule has 1 saturated heterocycles. The highest BCUT2D eigenvalue weighted by Gasteiger charge is 2.53. The number of ketones is 1. The first-order chi connectivity index (χ1) is 25.0. The van der Waals surface area contributed by atoms with Gasteiger partial charge in [-0.25, -0.2) is 0 Å². The second kappa shape index (κ2) is 14.5.